The van der Waals surface area contributed by atoms with Gasteiger partial charge in [0.25, 0.3) is 0 Å². The highest BCUT2D eigenvalue weighted by Gasteiger charge is 2.38. The van der Waals surface area contributed by atoms with Crippen molar-refractivity contribution in [2.24, 2.45) is 22.7 Å². The van der Waals surface area contributed by atoms with Gasteiger partial charge in [0.1, 0.15) is 0 Å². The maximum Gasteiger partial charge on any atom is 0.233 e. The number of nitrogens with zero attached hydrogens (tertiary/aromatic N) is 2. The van der Waals surface area contributed by atoms with E-state index in [1.54, 1.807) is 0 Å². The third-order valence-electron chi connectivity index (χ3n) is 4.87. The fourth-order valence-electron chi connectivity index (χ4n) is 3.85. The summed E-state index contributed by atoms with van der Waals surface area (Å²) in [7, 11) is 0. The molecule has 2 fully saturated rings. The van der Waals surface area contributed by atoms with Gasteiger partial charge in [0.15, 0.2) is 5.84 Å². The zero-order valence-corrected chi connectivity index (χ0v) is 12.4. The lowest BCUT2D eigenvalue weighted by Crippen LogP contribution is -2.46. The Labute approximate surface area is 121 Å². The largest absolute Gasteiger partial charge is 0.409 e. The molecule has 1 aliphatic carbocycles. The van der Waals surface area contributed by atoms with Gasteiger partial charge < -0.3 is 15.8 Å². The number of oxime groups is 1. The summed E-state index contributed by atoms with van der Waals surface area (Å²) >= 11 is 0. The molecule has 0 radical (unpaired) electrons. The molecule has 3 N–H and O–H groups in total. The number of hydrogen-bond acceptors (Lipinski definition) is 3. The van der Waals surface area contributed by atoms with Crippen LogP contribution in [0.15, 0.2) is 5.16 Å². The molecule has 2 atom stereocenters. The van der Waals surface area contributed by atoms with Crippen LogP contribution in [-0.4, -0.2) is 34.4 Å². The minimum absolute atomic E-state index is 0.0638. The Kier molecular flexibility index (Phi) is 5.26. The zero-order chi connectivity index (χ0) is 14.5. The van der Waals surface area contributed by atoms with Crippen molar-refractivity contribution in [2.75, 3.05) is 6.54 Å². The second kappa shape index (κ2) is 6.95. The van der Waals surface area contributed by atoms with Crippen LogP contribution in [-0.2, 0) is 4.79 Å². The van der Waals surface area contributed by atoms with Gasteiger partial charge in [-0.2, -0.15) is 0 Å². The average Bonchev–Trinajstić information content (AvgIpc) is 3.12. The molecule has 5 nitrogen and oxygen atoms in total. The molecule has 0 bridgehead atoms. The quantitative estimate of drug-likeness (QED) is 0.351. The van der Waals surface area contributed by atoms with Gasteiger partial charge in [0.05, 0.1) is 5.92 Å². The van der Waals surface area contributed by atoms with E-state index < -0.39 is 5.92 Å². The highest BCUT2D eigenvalue weighted by molar-refractivity contribution is 6.02. The first-order valence-electron chi connectivity index (χ1n) is 7.97. The van der Waals surface area contributed by atoms with Crippen LogP contribution < -0.4 is 5.73 Å². The second-order valence-corrected chi connectivity index (χ2v) is 6.15. The summed E-state index contributed by atoms with van der Waals surface area (Å²) in [6.07, 6.45) is 8.79. The first-order chi connectivity index (χ1) is 9.69. The van der Waals surface area contributed by atoms with Gasteiger partial charge in [-0.05, 0) is 38.0 Å². The van der Waals surface area contributed by atoms with Crippen LogP contribution in [0.2, 0.25) is 0 Å². The van der Waals surface area contributed by atoms with Gasteiger partial charge >= 0.3 is 0 Å². The molecule has 0 spiro atoms. The van der Waals surface area contributed by atoms with E-state index >= 15 is 0 Å². The van der Waals surface area contributed by atoms with Crippen LogP contribution in [0, 0.1) is 11.8 Å². The number of amides is 1. The number of rotatable bonds is 5. The number of hydrogen-bond donors (Lipinski definition) is 2. The van der Waals surface area contributed by atoms with Crippen LogP contribution in [0.5, 0.6) is 0 Å². The van der Waals surface area contributed by atoms with Crippen LogP contribution in [0.1, 0.15) is 58.3 Å². The van der Waals surface area contributed by atoms with Crippen molar-refractivity contribution in [3.63, 3.8) is 0 Å². The Bertz CT molecular complexity index is 364. The molecule has 114 valence electrons. The van der Waals surface area contributed by atoms with Crippen molar-refractivity contribution in [1.29, 1.82) is 0 Å². The second-order valence-electron chi connectivity index (χ2n) is 6.15. The van der Waals surface area contributed by atoms with Crippen molar-refractivity contribution in [2.45, 2.75) is 64.3 Å². The molecule has 20 heavy (non-hydrogen) atoms. The van der Waals surface area contributed by atoms with E-state index in [1.165, 1.54) is 25.7 Å². The lowest BCUT2D eigenvalue weighted by atomic mass is 9.94. The first kappa shape index (κ1) is 15.1. The van der Waals surface area contributed by atoms with E-state index in [4.69, 9.17) is 10.9 Å². The molecule has 1 saturated carbocycles. The van der Waals surface area contributed by atoms with E-state index in [0.717, 1.165) is 25.8 Å². The SMILES string of the molecule is CCCC(C(=O)N1CCCC1C1CCCC1)C(N)=NO. The van der Waals surface area contributed by atoms with Gasteiger partial charge in [-0.3, -0.25) is 4.79 Å². The number of likely N-dealkylation sites (tertiary alicyclic amines) is 1. The Balaban J connectivity index is 2.08. The van der Waals surface area contributed by atoms with Crippen molar-refractivity contribution in [1.82, 2.24) is 4.90 Å². The molecule has 0 aromatic rings. The lowest BCUT2D eigenvalue weighted by molar-refractivity contribution is -0.135. The normalized spacial score (nSPS) is 26.1. The molecule has 2 rings (SSSR count). The van der Waals surface area contributed by atoms with Crippen molar-refractivity contribution in [3.05, 3.63) is 0 Å². The topological polar surface area (TPSA) is 78.9 Å². The molecule has 0 aromatic heterocycles. The average molecular weight is 281 g/mol. The highest BCUT2D eigenvalue weighted by Crippen LogP contribution is 2.36. The van der Waals surface area contributed by atoms with Crippen LogP contribution in [0.4, 0.5) is 0 Å². The van der Waals surface area contributed by atoms with Crippen LogP contribution >= 0.6 is 0 Å². The third-order valence-corrected chi connectivity index (χ3v) is 4.87. The number of nitrogens with two attached hydrogens (primary N) is 1. The summed E-state index contributed by atoms with van der Waals surface area (Å²) in [5.74, 6) is 0.341. The number of carbonyl (C=O) groups excluding carboxylic acids is 1. The Morgan fingerprint density at radius 3 is 2.65 bits per heavy atom. The Morgan fingerprint density at radius 2 is 2.05 bits per heavy atom. The molecule has 1 amide bonds. The molecule has 2 aliphatic rings. The van der Waals surface area contributed by atoms with Crippen molar-refractivity contribution >= 4 is 11.7 Å². The van der Waals surface area contributed by atoms with Gasteiger partial charge in [-0.1, -0.05) is 31.3 Å². The van der Waals surface area contributed by atoms with Gasteiger partial charge in [0, 0.05) is 12.6 Å². The number of carbonyl (C=O) groups is 1. The summed E-state index contributed by atoms with van der Waals surface area (Å²) in [5.41, 5.74) is 5.72. The van der Waals surface area contributed by atoms with Gasteiger partial charge in [0.2, 0.25) is 5.91 Å². The summed E-state index contributed by atoms with van der Waals surface area (Å²) < 4.78 is 0. The number of amidine groups is 1. The molecule has 0 aromatic carbocycles. The van der Waals surface area contributed by atoms with E-state index in [0.29, 0.717) is 18.4 Å². The predicted molar refractivity (Wildman–Crippen MR) is 78.5 cm³/mol. The van der Waals surface area contributed by atoms with Crippen molar-refractivity contribution in [3.8, 4) is 0 Å². The Morgan fingerprint density at radius 1 is 1.35 bits per heavy atom. The Hall–Kier alpha value is -1.26. The summed E-state index contributed by atoms with van der Waals surface area (Å²) in [4.78, 5) is 14.8. The maximum absolute atomic E-state index is 12.8. The first-order valence-corrected chi connectivity index (χ1v) is 7.97. The minimum Gasteiger partial charge on any atom is -0.409 e. The van der Waals surface area contributed by atoms with Gasteiger partial charge in [-0.25, -0.2) is 0 Å². The minimum atomic E-state index is -0.452. The monoisotopic (exact) mass is 281 g/mol. The maximum atomic E-state index is 12.8. The molecule has 1 heterocycles. The molecule has 2 unspecified atom stereocenters. The molecule has 1 saturated heterocycles. The fraction of sp³-hybridized carbons (Fsp3) is 0.867. The van der Waals surface area contributed by atoms with E-state index in [-0.39, 0.29) is 11.7 Å². The van der Waals surface area contributed by atoms with E-state index in [1.807, 2.05) is 11.8 Å². The van der Waals surface area contributed by atoms with E-state index in [9.17, 15) is 4.79 Å². The van der Waals surface area contributed by atoms with Crippen molar-refractivity contribution < 1.29 is 10.0 Å². The van der Waals surface area contributed by atoms with E-state index in [2.05, 4.69) is 5.16 Å². The van der Waals surface area contributed by atoms with Crippen LogP contribution in [0.3, 0.4) is 0 Å². The summed E-state index contributed by atoms with van der Waals surface area (Å²) in [6.45, 7) is 2.85. The third kappa shape index (κ3) is 3.07. The van der Waals surface area contributed by atoms with Crippen LogP contribution in [0.25, 0.3) is 0 Å². The lowest BCUT2D eigenvalue weighted by Gasteiger charge is -2.32. The predicted octanol–water partition coefficient (Wildman–Crippen LogP) is 2.33. The summed E-state index contributed by atoms with van der Waals surface area (Å²) in [6, 6.07) is 0.385. The van der Waals surface area contributed by atoms with Gasteiger partial charge in [-0.15, -0.1) is 0 Å². The fourth-order valence-corrected chi connectivity index (χ4v) is 3.85. The molecular formula is C15H27N3O2. The molecule has 1 aliphatic heterocycles. The zero-order valence-electron chi connectivity index (χ0n) is 12.4. The molecule has 5 heteroatoms. The smallest absolute Gasteiger partial charge is 0.233 e. The molecular weight excluding hydrogens is 254 g/mol. The summed E-state index contributed by atoms with van der Waals surface area (Å²) in [5, 5.41) is 12.0. The standard InChI is InChI=1S/C15H27N3O2/c1-2-6-12(14(16)17-20)15(19)18-10-5-9-13(18)11-7-3-4-8-11/h11-13,20H,2-10H2,1H3,(H2,16,17). The highest BCUT2D eigenvalue weighted by atomic mass is 16.4.